The molecular weight excluding hydrogens is 450 g/mol. The quantitative estimate of drug-likeness (QED) is 0.227. The van der Waals surface area contributed by atoms with Gasteiger partial charge in [0.15, 0.2) is 23.0 Å². The predicted molar refractivity (Wildman–Crippen MR) is 135 cm³/mol. The highest BCUT2D eigenvalue weighted by molar-refractivity contribution is 6.03. The monoisotopic (exact) mass is 477 g/mol. The molecule has 3 rings (SSSR count). The molecule has 0 heterocycles. The summed E-state index contributed by atoms with van der Waals surface area (Å²) in [5.41, 5.74) is 2.42. The standard InChI is InChI=1S/C27H27NO7/c1-32-23-11-8-18(14-22(23)30)9-12-26(31)28-20-13-17(7-10-21(20)29)5-6-19-15-24(33-2)27(35-4)25(16-19)34-3/h5-16,29-30H,1-4H3,(H,28,31)/b6-5?,12-9+. The topological polar surface area (TPSA) is 106 Å². The third-order valence-electron chi connectivity index (χ3n) is 5.06. The van der Waals surface area contributed by atoms with Crippen LogP contribution in [-0.2, 0) is 4.79 Å². The molecule has 3 N–H and O–H groups in total. The second-order valence-electron chi connectivity index (χ2n) is 7.32. The maximum atomic E-state index is 12.4. The van der Waals surface area contributed by atoms with Crippen molar-refractivity contribution in [3.05, 3.63) is 71.3 Å². The molecule has 0 bridgehead atoms. The first-order chi connectivity index (χ1) is 16.9. The fourth-order valence-electron chi connectivity index (χ4n) is 3.30. The molecule has 0 unspecified atom stereocenters. The SMILES string of the molecule is COc1ccc(/C=C/C(=O)Nc2cc(C=Cc3cc(OC)c(OC)c(OC)c3)ccc2O)cc1O. The van der Waals surface area contributed by atoms with Crippen LogP contribution in [0.5, 0.6) is 34.5 Å². The average Bonchev–Trinajstić information content (AvgIpc) is 2.87. The molecule has 3 aromatic carbocycles. The Bertz CT molecular complexity index is 1240. The number of hydrogen-bond acceptors (Lipinski definition) is 7. The number of carbonyl (C=O) groups excluding carboxylic acids is 1. The van der Waals surface area contributed by atoms with Gasteiger partial charge in [-0.2, -0.15) is 0 Å². The zero-order valence-corrected chi connectivity index (χ0v) is 19.9. The Balaban J connectivity index is 1.76. The number of anilines is 1. The fraction of sp³-hybridized carbons (Fsp3) is 0.148. The third kappa shape index (κ3) is 6.26. The first-order valence-electron chi connectivity index (χ1n) is 10.6. The van der Waals surface area contributed by atoms with Gasteiger partial charge in [-0.15, -0.1) is 0 Å². The van der Waals surface area contributed by atoms with Crippen molar-refractivity contribution >= 4 is 29.8 Å². The zero-order valence-electron chi connectivity index (χ0n) is 19.9. The maximum Gasteiger partial charge on any atom is 0.248 e. The molecule has 3 aromatic rings. The van der Waals surface area contributed by atoms with Crippen molar-refractivity contribution in [1.82, 2.24) is 0 Å². The molecular formula is C27H27NO7. The molecule has 35 heavy (non-hydrogen) atoms. The summed E-state index contributed by atoms with van der Waals surface area (Å²) in [6.07, 6.45) is 6.52. The van der Waals surface area contributed by atoms with E-state index < -0.39 is 5.91 Å². The lowest BCUT2D eigenvalue weighted by molar-refractivity contribution is -0.111. The van der Waals surface area contributed by atoms with E-state index in [0.29, 0.717) is 28.6 Å². The molecule has 0 aliphatic rings. The van der Waals surface area contributed by atoms with Crippen LogP contribution in [0.4, 0.5) is 5.69 Å². The third-order valence-corrected chi connectivity index (χ3v) is 5.06. The van der Waals surface area contributed by atoms with Crippen molar-refractivity contribution in [3.63, 3.8) is 0 Å². The molecule has 0 saturated heterocycles. The molecule has 0 radical (unpaired) electrons. The second kappa shape index (κ2) is 11.5. The van der Waals surface area contributed by atoms with Gasteiger partial charge in [-0.25, -0.2) is 0 Å². The van der Waals surface area contributed by atoms with Gasteiger partial charge in [0.1, 0.15) is 5.75 Å². The summed E-state index contributed by atoms with van der Waals surface area (Å²) in [7, 11) is 6.09. The lowest BCUT2D eigenvalue weighted by atomic mass is 10.1. The molecule has 8 nitrogen and oxygen atoms in total. The minimum atomic E-state index is -0.443. The first-order valence-corrected chi connectivity index (χ1v) is 10.6. The van der Waals surface area contributed by atoms with Crippen molar-refractivity contribution in [2.75, 3.05) is 33.8 Å². The summed E-state index contributed by atoms with van der Waals surface area (Å²) in [6, 6.07) is 13.3. The number of amides is 1. The van der Waals surface area contributed by atoms with Gasteiger partial charge in [-0.3, -0.25) is 4.79 Å². The molecule has 0 atom stereocenters. The Morgan fingerprint density at radius 3 is 1.89 bits per heavy atom. The van der Waals surface area contributed by atoms with Crippen LogP contribution in [0.15, 0.2) is 54.6 Å². The van der Waals surface area contributed by atoms with Crippen LogP contribution < -0.4 is 24.3 Å². The number of hydrogen-bond donors (Lipinski definition) is 3. The Hall–Kier alpha value is -4.59. The number of nitrogens with one attached hydrogen (secondary N) is 1. The lowest BCUT2D eigenvalue weighted by Gasteiger charge is -2.12. The van der Waals surface area contributed by atoms with Crippen LogP contribution >= 0.6 is 0 Å². The summed E-state index contributed by atoms with van der Waals surface area (Å²) in [5.74, 6) is 1.36. The molecule has 0 fully saturated rings. The van der Waals surface area contributed by atoms with Crippen molar-refractivity contribution in [2.45, 2.75) is 0 Å². The zero-order chi connectivity index (χ0) is 25.4. The van der Waals surface area contributed by atoms with E-state index in [1.165, 1.54) is 32.4 Å². The van der Waals surface area contributed by atoms with Crippen LogP contribution in [0, 0.1) is 0 Å². The molecule has 0 spiro atoms. The van der Waals surface area contributed by atoms with Gasteiger partial charge in [-0.1, -0.05) is 24.3 Å². The Labute approximate surface area is 203 Å². The van der Waals surface area contributed by atoms with Crippen molar-refractivity contribution in [2.24, 2.45) is 0 Å². The van der Waals surface area contributed by atoms with E-state index in [-0.39, 0.29) is 17.2 Å². The van der Waals surface area contributed by atoms with E-state index in [9.17, 15) is 15.0 Å². The van der Waals surface area contributed by atoms with Crippen molar-refractivity contribution < 1.29 is 34.0 Å². The molecule has 0 aliphatic carbocycles. The fourth-order valence-corrected chi connectivity index (χ4v) is 3.30. The van der Waals surface area contributed by atoms with Gasteiger partial charge >= 0.3 is 0 Å². The van der Waals surface area contributed by atoms with Gasteiger partial charge in [0, 0.05) is 6.08 Å². The van der Waals surface area contributed by atoms with E-state index in [0.717, 1.165) is 11.1 Å². The van der Waals surface area contributed by atoms with Crippen LogP contribution in [0.1, 0.15) is 16.7 Å². The molecule has 8 heteroatoms. The summed E-state index contributed by atoms with van der Waals surface area (Å²) >= 11 is 0. The number of rotatable bonds is 9. The van der Waals surface area contributed by atoms with Crippen molar-refractivity contribution in [1.29, 1.82) is 0 Å². The molecule has 0 aromatic heterocycles. The van der Waals surface area contributed by atoms with Gasteiger partial charge in [-0.05, 0) is 59.2 Å². The Morgan fingerprint density at radius 1 is 0.686 bits per heavy atom. The number of aromatic hydroxyl groups is 2. The van der Waals surface area contributed by atoms with Crippen LogP contribution in [0.2, 0.25) is 0 Å². The summed E-state index contributed by atoms with van der Waals surface area (Å²) in [4.78, 5) is 12.4. The summed E-state index contributed by atoms with van der Waals surface area (Å²) in [6.45, 7) is 0. The van der Waals surface area contributed by atoms with E-state index in [1.54, 1.807) is 44.6 Å². The van der Waals surface area contributed by atoms with Crippen LogP contribution in [0.25, 0.3) is 18.2 Å². The lowest BCUT2D eigenvalue weighted by Crippen LogP contribution is -2.08. The summed E-state index contributed by atoms with van der Waals surface area (Å²) < 4.78 is 21.1. The smallest absolute Gasteiger partial charge is 0.248 e. The second-order valence-corrected chi connectivity index (χ2v) is 7.32. The molecule has 0 saturated carbocycles. The number of phenolic OH excluding ortho intramolecular Hbond substituents is 2. The Kier molecular flexibility index (Phi) is 8.24. The van der Waals surface area contributed by atoms with Gasteiger partial charge < -0.3 is 34.5 Å². The highest BCUT2D eigenvalue weighted by Gasteiger charge is 2.12. The highest BCUT2D eigenvalue weighted by Crippen LogP contribution is 2.38. The molecule has 0 aliphatic heterocycles. The van der Waals surface area contributed by atoms with E-state index in [1.807, 2.05) is 24.3 Å². The number of benzene rings is 3. The van der Waals surface area contributed by atoms with Crippen LogP contribution in [-0.4, -0.2) is 44.6 Å². The highest BCUT2D eigenvalue weighted by atomic mass is 16.5. The molecule has 1 amide bonds. The largest absolute Gasteiger partial charge is 0.506 e. The van der Waals surface area contributed by atoms with E-state index in [4.69, 9.17) is 18.9 Å². The maximum absolute atomic E-state index is 12.4. The predicted octanol–water partition coefficient (Wildman–Crippen LogP) is 4.95. The van der Waals surface area contributed by atoms with Gasteiger partial charge in [0.2, 0.25) is 11.7 Å². The Morgan fingerprint density at radius 2 is 1.29 bits per heavy atom. The first kappa shape index (κ1) is 25.0. The van der Waals surface area contributed by atoms with Crippen molar-refractivity contribution in [3.8, 4) is 34.5 Å². The van der Waals surface area contributed by atoms with E-state index in [2.05, 4.69) is 5.32 Å². The van der Waals surface area contributed by atoms with Gasteiger partial charge in [0.05, 0.1) is 34.1 Å². The van der Waals surface area contributed by atoms with E-state index >= 15 is 0 Å². The van der Waals surface area contributed by atoms with Crippen LogP contribution in [0.3, 0.4) is 0 Å². The number of phenols is 2. The number of ether oxygens (including phenoxy) is 4. The number of carbonyl (C=O) groups is 1. The minimum Gasteiger partial charge on any atom is -0.506 e. The normalized spacial score (nSPS) is 11.0. The average molecular weight is 478 g/mol. The minimum absolute atomic E-state index is 0.0284. The molecule has 182 valence electrons. The summed E-state index contributed by atoms with van der Waals surface area (Å²) in [5, 5.41) is 22.7. The number of methoxy groups -OCH3 is 4. The van der Waals surface area contributed by atoms with Gasteiger partial charge in [0.25, 0.3) is 0 Å².